The van der Waals surface area contributed by atoms with Crippen LogP contribution in [0.2, 0.25) is 0 Å². The standard InChI is InChI=1S/C14H25NO2S/c1-4-18(16,17)10-9-14(11-15)7-5-13(6-8-14)12(2)3/h12-13H,4-10H2,1-3H3. The Morgan fingerprint density at radius 1 is 1.33 bits per heavy atom. The van der Waals surface area contributed by atoms with Crippen molar-refractivity contribution in [3.05, 3.63) is 0 Å². The number of hydrogen-bond acceptors (Lipinski definition) is 3. The highest BCUT2D eigenvalue weighted by Crippen LogP contribution is 2.43. The van der Waals surface area contributed by atoms with Crippen LogP contribution < -0.4 is 0 Å². The van der Waals surface area contributed by atoms with Gasteiger partial charge in [-0.25, -0.2) is 8.42 Å². The van der Waals surface area contributed by atoms with E-state index in [1.165, 1.54) is 0 Å². The van der Waals surface area contributed by atoms with E-state index in [-0.39, 0.29) is 16.9 Å². The van der Waals surface area contributed by atoms with Crippen LogP contribution in [0.3, 0.4) is 0 Å². The molecule has 1 aliphatic carbocycles. The van der Waals surface area contributed by atoms with Crippen molar-refractivity contribution in [2.45, 2.75) is 52.9 Å². The van der Waals surface area contributed by atoms with Crippen molar-refractivity contribution in [3.63, 3.8) is 0 Å². The molecule has 0 amide bonds. The first kappa shape index (κ1) is 15.5. The van der Waals surface area contributed by atoms with Gasteiger partial charge < -0.3 is 0 Å². The molecule has 3 nitrogen and oxygen atoms in total. The molecule has 0 atom stereocenters. The van der Waals surface area contributed by atoms with Crippen molar-refractivity contribution in [1.29, 1.82) is 5.26 Å². The maximum Gasteiger partial charge on any atom is 0.150 e. The summed E-state index contributed by atoms with van der Waals surface area (Å²) in [4.78, 5) is 0. The van der Waals surface area contributed by atoms with Gasteiger partial charge in [-0.1, -0.05) is 20.8 Å². The van der Waals surface area contributed by atoms with Gasteiger partial charge >= 0.3 is 0 Å². The minimum Gasteiger partial charge on any atom is -0.229 e. The van der Waals surface area contributed by atoms with Crippen LogP contribution in [0.25, 0.3) is 0 Å². The van der Waals surface area contributed by atoms with E-state index in [0.29, 0.717) is 18.3 Å². The second-order valence-electron chi connectivity index (χ2n) is 5.96. The summed E-state index contributed by atoms with van der Waals surface area (Å²) >= 11 is 0. The van der Waals surface area contributed by atoms with E-state index in [1.807, 2.05) is 0 Å². The molecule has 0 aromatic rings. The molecule has 0 aromatic carbocycles. The van der Waals surface area contributed by atoms with E-state index < -0.39 is 9.84 Å². The molecule has 104 valence electrons. The van der Waals surface area contributed by atoms with Gasteiger partial charge in [0.05, 0.1) is 17.2 Å². The summed E-state index contributed by atoms with van der Waals surface area (Å²) in [7, 11) is -2.95. The molecule has 0 aliphatic heterocycles. The fraction of sp³-hybridized carbons (Fsp3) is 0.929. The third-order valence-corrected chi connectivity index (χ3v) is 6.20. The van der Waals surface area contributed by atoms with Crippen LogP contribution >= 0.6 is 0 Å². The lowest BCUT2D eigenvalue weighted by Crippen LogP contribution is -2.30. The topological polar surface area (TPSA) is 57.9 Å². The molecule has 1 fully saturated rings. The van der Waals surface area contributed by atoms with Crippen LogP contribution in [0.1, 0.15) is 52.9 Å². The summed E-state index contributed by atoms with van der Waals surface area (Å²) in [5.41, 5.74) is -0.381. The SMILES string of the molecule is CCS(=O)(=O)CCC1(C#N)CCC(C(C)C)CC1. The van der Waals surface area contributed by atoms with Gasteiger partial charge in [-0.15, -0.1) is 0 Å². The molecule has 1 aliphatic rings. The van der Waals surface area contributed by atoms with Crippen molar-refractivity contribution >= 4 is 9.84 Å². The zero-order chi connectivity index (χ0) is 13.8. The molecule has 0 N–H and O–H groups in total. The van der Waals surface area contributed by atoms with E-state index >= 15 is 0 Å². The van der Waals surface area contributed by atoms with Crippen LogP contribution in [-0.2, 0) is 9.84 Å². The lowest BCUT2D eigenvalue weighted by atomic mass is 9.67. The second-order valence-corrected chi connectivity index (χ2v) is 8.43. The molecule has 0 unspecified atom stereocenters. The van der Waals surface area contributed by atoms with Crippen molar-refractivity contribution in [1.82, 2.24) is 0 Å². The van der Waals surface area contributed by atoms with E-state index in [0.717, 1.165) is 25.7 Å². The fourth-order valence-electron chi connectivity index (χ4n) is 2.77. The molecule has 1 saturated carbocycles. The van der Waals surface area contributed by atoms with Crippen LogP contribution in [0.15, 0.2) is 0 Å². The van der Waals surface area contributed by atoms with Crippen molar-refractivity contribution < 1.29 is 8.42 Å². The van der Waals surface area contributed by atoms with Crippen molar-refractivity contribution in [2.75, 3.05) is 11.5 Å². The Morgan fingerprint density at radius 3 is 2.28 bits per heavy atom. The molecule has 4 heteroatoms. The van der Waals surface area contributed by atoms with Gasteiger partial charge in [0.15, 0.2) is 0 Å². The Kier molecular flexibility index (Phi) is 5.21. The van der Waals surface area contributed by atoms with Gasteiger partial charge in [-0.3, -0.25) is 0 Å². The molecule has 0 aromatic heterocycles. The van der Waals surface area contributed by atoms with Crippen LogP contribution in [0, 0.1) is 28.6 Å². The maximum absolute atomic E-state index is 11.6. The van der Waals surface area contributed by atoms with Gasteiger partial charge in [-0.2, -0.15) is 5.26 Å². The van der Waals surface area contributed by atoms with Gasteiger partial charge in [0.25, 0.3) is 0 Å². The number of nitriles is 1. The predicted octanol–water partition coefficient (Wildman–Crippen LogP) is 3.17. The average molecular weight is 271 g/mol. The lowest BCUT2D eigenvalue weighted by Gasteiger charge is -2.36. The Labute approximate surface area is 111 Å². The van der Waals surface area contributed by atoms with Gasteiger partial charge in [0.1, 0.15) is 9.84 Å². The number of nitrogens with zero attached hydrogens (tertiary/aromatic N) is 1. The highest BCUT2D eigenvalue weighted by molar-refractivity contribution is 7.91. The molecular weight excluding hydrogens is 246 g/mol. The predicted molar refractivity (Wildman–Crippen MR) is 73.8 cm³/mol. The molecule has 0 heterocycles. The Morgan fingerprint density at radius 2 is 1.89 bits per heavy atom. The molecule has 18 heavy (non-hydrogen) atoms. The smallest absolute Gasteiger partial charge is 0.150 e. The summed E-state index contributed by atoms with van der Waals surface area (Å²) < 4.78 is 23.1. The third-order valence-electron chi connectivity index (χ3n) is 4.50. The highest BCUT2D eigenvalue weighted by Gasteiger charge is 2.36. The van der Waals surface area contributed by atoms with Crippen molar-refractivity contribution in [3.8, 4) is 6.07 Å². The zero-order valence-corrected chi connectivity index (χ0v) is 12.6. The van der Waals surface area contributed by atoms with Gasteiger partial charge in [-0.05, 0) is 43.9 Å². The number of rotatable bonds is 5. The van der Waals surface area contributed by atoms with E-state index in [9.17, 15) is 13.7 Å². The van der Waals surface area contributed by atoms with Gasteiger partial charge in [0.2, 0.25) is 0 Å². The monoisotopic (exact) mass is 271 g/mol. The summed E-state index contributed by atoms with van der Waals surface area (Å²) in [6.45, 7) is 6.13. The summed E-state index contributed by atoms with van der Waals surface area (Å²) in [6.07, 6.45) is 4.39. The summed E-state index contributed by atoms with van der Waals surface area (Å²) in [5, 5.41) is 9.39. The summed E-state index contributed by atoms with van der Waals surface area (Å²) in [5.74, 6) is 1.72. The Hall–Kier alpha value is -0.560. The number of hydrogen-bond donors (Lipinski definition) is 0. The minimum absolute atomic E-state index is 0.170. The largest absolute Gasteiger partial charge is 0.229 e. The molecule has 0 saturated heterocycles. The van der Waals surface area contributed by atoms with E-state index in [1.54, 1.807) is 6.92 Å². The van der Waals surface area contributed by atoms with E-state index in [2.05, 4.69) is 19.9 Å². The van der Waals surface area contributed by atoms with Crippen LogP contribution in [0.5, 0.6) is 0 Å². The van der Waals surface area contributed by atoms with Gasteiger partial charge in [0, 0.05) is 5.75 Å². The molecule has 0 spiro atoms. The quantitative estimate of drug-likeness (QED) is 0.771. The first-order valence-electron chi connectivity index (χ1n) is 6.96. The Balaban J connectivity index is 2.60. The third kappa shape index (κ3) is 3.98. The van der Waals surface area contributed by atoms with Crippen LogP contribution in [-0.4, -0.2) is 19.9 Å². The molecule has 1 rings (SSSR count). The maximum atomic E-state index is 11.6. The normalized spacial score (nSPS) is 29.2. The lowest BCUT2D eigenvalue weighted by molar-refractivity contribution is 0.172. The van der Waals surface area contributed by atoms with Crippen LogP contribution in [0.4, 0.5) is 0 Å². The highest BCUT2D eigenvalue weighted by atomic mass is 32.2. The second kappa shape index (κ2) is 6.06. The molecular formula is C14H25NO2S. The van der Waals surface area contributed by atoms with Crippen molar-refractivity contribution in [2.24, 2.45) is 17.3 Å². The number of sulfone groups is 1. The average Bonchev–Trinajstić information content (AvgIpc) is 2.37. The zero-order valence-electron chi connectivity index (χ0n) is 11.8. The Bertz CT molecular complexity index is 398. The first-order chi connectivity index (χ1) is 8.34. The minimum atomic E-state index is -2.95. The molecule has 0 radical (unpaired) electrons. The summed E-state index contributed by atoms with van der Waals surface area (Å²) in [6, 6.07) is 2.41. The fourth-order valence-corrected chi connectivity index (χ4v) is 3.76. The molecule has 0 bridgehead atoms. The first-order valence-corrected chi connectivity index (χ1v) is 8.78. The van der Waals surface area contributed by atoms with E-state index in [4.69, 9.17) is 0 Å².